The number of alkyl halides is 3. The molecule has 1 N–H and O–H groups in total. The van der Waals surface area contributed by atoms with Gasteiger partial charge in [-0.05, 0) is 55.8 Å². The number of hydrogen-bond acceptors (Lipinski definition) is 4. The van der Waals surface area contributed by atoms with Gasteiger partial charge in [0.2, 0.25) is 0 Å². The summed E-state index contributed by atoms with van der Waals surface area (Å²) in [5.74, 6) is 0.798. The van der Waals surface area contributed by atoms with Crippen LogP contribution in [0.3, 0.4) is 0 Å². The van der Waals surface area contributed by atoms with Crippen molar-refractivity contribution in [3.63, 3.8) is 0 Å². The van der Waals surface area contributed by atoms with Crippen LogP contribution in [0.4, 0.5) is 18.9 Å². The maximum Gasteiger partial charge on any atom is 0.417 e. The highest BCUT2D eigenvalue weighted by Crippen LogP contribution is 2.37. The van der Waals surface area contributed by atoms with Gasteiger partial charge in [0.15, 0.2) is 5.69 Å². The van der Waals surface area contributed by atoms with Gasteiger partial charge in [-0.1, -0.05) is 0 Å². The largest absolute Gasteiger partial charge is 0.497 e. The molecule has 0 unspecified atom stereocenters. The Kier molecular flexibility index (Phi) is 4.95. The first-order chi connectivity index (χ1) is 14.3. The topological polar surface area (TPSA) is 60.5 Å². The number of nitrogens with zero attached hydrogens (tertiary/aromatic N) is 3. The van der Waals surface area contributed by atoms with E-state index in [1.54, 1.807) is 24.3 Å². The number of methoxy groups -OCH3 is 1. The Morgan fingerprint density at radius 1 is 1.27 bits per heavy atom. The van der Waals surface area contributed by atoms with E-state index in [1.165, 1.54) is 17.7 Å². The number of benzene rings is 2. The van der Waals surface area contributed by atoms with Crippen LogP contribution in [0.25, 0.3) is 21.4 Å². The van der Waals surface area contributed by atoms with Crippen LogP contribution in [-0.2, 0) is 6.18 Å². The zero-order valence-corrected chi connectivity index (χ0v) is 16.0. The van der Waals surface area contributed by atoms with Crippen molar-refractivity contribution in [3.8, 4) is 11.4 Å². The molecule has 1 saturated heterocycles. The van der Waals surface area contributed by atoms with Crippen molar-refractivity contribution in [1.82, 2.24) is 14.9 Å². The van der Waals surface area contributed by atoms with Gasteiger partial charge in [-0.15, -0.1) is 0 Å². The van der Waals surface area contributed by atoms with Crippen LogP contribution in [0.1, 0.15) is 30.3 Å². The third kappa shape index (κ3) is 3.39. The standard InChI is InChI=1S/C21H17F3N4O2/c1-25-12-10-15-18(16(11-12)21(22,23)24)27-19(17-4-3-9-26-17)28(20(15)29)13-5-7-14(30-2)8-6-13/h5-8,10-11,17,26H,3-4,9H2,2H3/t17-/m0/s1. The number of nitrogens with one attached hydrogen (secondary N) is 1. The van der Waals surface area contributed by atoms with E-state index in [2.05, 4.69) is 15.1 Å². The quantitative estimate of drug-likeness (QED) is 0.646. The lowest BCUT2D eigenvalue weighted by atomic mass is 10.1. The van der Waals surface area contributed by atoms with Gasteiger partial charge in [0.1, 0.15) is 11.6 Å². The van der Waals surface area contributed by atoms with Crippen LogP contribution in [0.15, 0.2) is 41.2 Å². The molecule has 1 aromatic heterocycles. The lowest BCUT2D eigenvalue weighted by molar-refractivity contribution is -0.136. The molecule has 0 bridgehead atoms. The fourth-order valence-electron chi connectivity index (χ4n) is 3.69. The van der Waals surface area contributed by atoms with Crippen molar-refractivity contribution >= 4 is 16.6 Å². The van der Waals surface area contributed by atoms with E-state index in [9.17, 15) is 18.0 Å². The second kappa shape index (κ2) is 7.46. The van der Waals surface area contributed by atoms with E-state index in [0.29, 0.717) is 24.4 Å². The summed E-state index contributed by atoms with van der Waals surface area (Å²) in [5.41, 5.74) is -1.97. The summed E-state index contributed by atoms with van der Waals surface area (Å²) in [7, 11) is 1.51. The van der Waals surface area contributed by atoms with Crippen LogP contribution in [-0.4, -0.2) is 23.2 Å². The minimum atomic E-state index is -4.74. The summed E-state index contributed by atoms with van der Waals surface area (Å²) in [4.78, 5) is 20.8. The van der Waals surface area contributed by atoms with Crippen LogP contribution in [0.2, 0.25) is 0 Å². The van der Waals surface area contributed by atoms with E-state index >= 15 is 0 Å². The van der Waals surface area contributed by atoms with Gasteiger partial charge in [0.05, 0.1) is 41.9 Å². The van der Waals surface area contributed by atoms with E-state index < -0.39 is 22.8 Å². The average Bonchev–Trinajstić information content (AvgIpc) is 3.27. The number of fused-ring (bicyclic) bond motifs is 1. The molecule has 2 heterocycles. The molecule has 1 aliphatic heterocycles. The molecular formula is C21H17F3N4O2. The van der Waals surface area contributed by atoms with Crippen LogP contribution >= 0.6 is 0 Å². The molecule has 0 amide bonds. The highest BCUT2D eigenvalue weighted by Gasteiger charge is 2.35. The van der Waals surface area contributed by atoms with Crippen molar-refractivity contribution < 1.29 is 17.9 Å². The molecular weight excluding hydrogens is 397 g/mol. The molecule has 0 saturated carbocycles. The molecule has 3 aromatic rings. The van der Waals surface area contributed by atoms with Gasteiger partial charge < -0.3 is 10.1 Å². The maximum atomic E-state index is 13.7. The fraction of sp³-hybridized carbons (Fsp3) is 0.286. The van der Waals surface area contributed by atoms with Gasteiger partial charge >= 0.3 is 6.18 Å². The fourth-order valence-corrected chi connectivity index (χ4v) is 3.69. The molecule has 0 spiro atoms. The summed E-state index contributed by atoms with van der Waals surface area (Å²) in [6, 6.07) is 8.17. The molecule has 0 radical (unpaired) electrons. The highest BCUT2D eigenvalue weighted by atomic mass is 19.4. The summed E-state index contributed by atoms with van der Waals surface area (Å²) in [5, 5.41) is 2.96. The lowest BCUT2D eigenvalue weighted by Gasteiger charge is -2.20. The maximum absolute atomic E-state index is 13.7. The molecule has 30 heavy (non-hydrogen) atoms. The molecule has 154 valence electrons. The third-order valence-electron chi connectivity index (χ3n) is 5.12. The van der Waals surface area contributed by atoms with E-state index in [4.69, 9.17) is 11.3 Å². The smallest absolute Gasteiger partial charge is 0.417 e. The predicted octanol–water partition coefficient (Wildman–Crippen LogP) is 4.39. The van der Waals surface area contributed by atoms with Crippen LogP contribution < -0.4 is 15.6 Å². The first-order valence-electron chi connectivity index (χ1n) is 9.26. The second-order valence-electron chi connectivity index (χ2n) is 6.96. The summed E-state index contributed by atoms with van der Waals surface area (Å²) in [6.07, 6.45) is -3.27. The molecule has 1 aliphatic rings. The van der Waals surface area contributed by atoms with Crippen molar-refractivity contribution in [2.75, 3.05) is 13.7 Å². The van der Waals surface area contributed by atoms with Crippen molar-refractivity contribution in [1.29, 1.82) is 0 Å². The zero-order chi connectivity index (χ0) is 21.5. The Balaban J connectivity index is 2.09. The molecule has 0 aliphatic carbocycles. The highest BCUT2D eigenvalue weighted by molar-refractivity contribution is 5.86. The normalized spacial score (nSPS) is 16.6. The van der Waals surface area contributed by atoms with Gasteiger partial charge in [0, 0.05) is 0 Å². The average molecular weight is 414 g/mol. The van der Waals surface area contributed by atoms with Crippen molar-refractivity contribution in [2.24, 2.45) is 0 Å². The Hall–Kier alpha value is -3.38. The van der Waals surface area contributed by atoms with Crippen LogP contribution in [0, 0.1) is 6.57 Å². The predicted molar refractivity (Wildman–Crippen MR) is 105 cm³/mol. The van der Waals surface area contributed by atoms with E-state index in [1.807, 2.05) is 0 Å². The lowest BCUT2D eigenvalue weighted by Crippen LogP contribution is -2.29. The molecule has 2 aromatic carbocycles. The Bertz CT molecular complexity index is 1200. The summed E-state index contributed by atoms with van der Waals surface area (Å²) in [6.45, 7) is 7.82. The number of ether oxygens (including phenoxy) is 1. The SMILES string of the molecule is [C-]#[N+]c1cc(C(F)(F)F)c2nc([C@@H]3CCCN3)n(-c3ccc(OC)cc3)c(=O)c2c1. The van der Waals surface area contributed by atoms with Gasteiger partial charge in [0.25, 0.3) is 5.56 Å². The summed E-state index contributed by atoms with van der Waals surface area (Å²) >= 11 is 0. The van der Waals surface area contributed by atoms with Crippen molar-refractivity contribution in [2.45, 2.75) is 25.1 Å². The molecule has 4 rings (SSSR count). The Labute approximate surface area is 169 Å². The van der Waals surface area contributed by atoms with Gasteiger partial charge in [-0.3, -0.25) is 9.36 Å². The number of aromatic nitrogens is 2. The molecule has 1 fully saturated rings. The second-order valence-corrected chi connectivity index (χ2v) is 6.96. The monoisotopic (exact) mass is 414 g/mol. The van der Waals surface area contributed by atoms with Crippen LogP contribution in [0.5, 0.6) is 5.75 Å². The molecule has 1 atom stereocenters. The molecule has 6 nitrogen and oxygen atoms in total. The summed E-state index contributed by atoms with van der Waals surface area (Å²) < 4.78 is 47.6. The van der Waals surface area contributed by atoms with Gasteiger partial charge in [-0.25, -0.2) is 9.83 Å². The number of hydrogen-bond donors (Lipinski definition) is 1. The first kappa shape index (κ1) is 19.9. The number of halogens is 3. The van der Waals surface area contributed by atoms with E-state index in [0.717, 1.165) is 12.5 Å². The van der Waals surface area contributed by atoms with Crippen molar-refractivity contribution in [3.05, 3.63) is 69.6 Å². The molecule has 9 heteroatoms. The Morgan fingerprint density at radius 2 is 2.00 bits per heavy atom. The minimum absolute atomic E-state index is 0.219. The van der Waals surface area contributed by atoms with E-state index in [-0.39, 0.29) is 22.9 Å². The van der Waals surface area contributed by atoms with Gasteiger partial charge in [-0.2, -0.15) is 13.2 Å². The number of rotatable bonds is 3. The first-order valence-corrected chi connectivity index (χ1v) is 9.26. The Morgan fingerprint density at radius 3 is 2.57 bits per heavy atom. The zero-order valence-electron chi connectivity index (χ0n) is 16.0. The third-order valence-corrected chi connectivity index (χ3v) is 5.12. The minimum Gasteiger partial charge on any atom is -0.497 e.